The van der Waals surface area contributed by atoms with Gasteiger partial charge in [0.05, 0.1) is 21.2 Å². The summed E-state index contributed by atoms with van der Waals surface area (Å²) >= 11 is 1.27. The molecule has 34 heavy (non-hydrogen) atoms. The van der Waals surface area contributed by atoms with E-state index in [1.54, 1.807) is 22.4 Å². The van der Waals surface area contributed by atoms with Crippen molar-refractivity contribution in [3.63, 3.8) is 0 Å². The predicted octanol–water partition coefficient (Wildman–Crippen LogP) is 3.86. The minimum atomic E-state index is -4.62. The van der Waals surface area contributed by atoms with Crippen LogP contribution < -0.4 is 11.3 Å². The molecule has 3 N–H and O–H groups in total. The maximum absolute atomic E-state index is 13.3. The molecule has 3 heterocycles. The lowest BCUT2D eigenvalue weighted by Gasteiger charge is -2.31. The van der Waals surface area contributed by atoms with Gasteiger partial charge in [-0.3, -0.25) is 5.43 Å². The number of hydrogen-bond donors (Lipinski definition) is 2. The van der Waals surface area contributed by atoms with E-state index in [1.165, 1.54) is 35.6 Å². The normalized spacial score (nSPS) is 16.1. The number of likely N-dealkylation sites (tertiary alicyclic amines) is 1. The average Bonchev–Trinajstić information content (AvgIpc) is 3.48. The third-order valence-corrected chi connectivity index (χ3v) is 7.75. The third-order valence-electron chi connectivity index (χ3n) is 5.57. The summed E-state index contributed by atoms with van der Waals surface area (Å²) in [5.41, 5.74) is 1.87. The van der Waals surface area contributed by atoms with Crippen LogP contribution in [0.2, 0.25) is 0 Å². The molecular weight excluding hydrogens is 489 g/mol. The van der Waals surface area contributed by atoms with Crippen molar-refractivity contribution >= 4 is 27.3 Å². The van der Waals surface area contributed by atoms with Gasteiger partial charge in [0.2, 0.25) is 5.96 Å². The molecule has 0 atom stereocenters. The molecule has 0 aliphatic carbocycles. The maximum Gasteiger partial charge on any atom is 0.435 e. The first-order valence-corrected chi connectivity index (χ1v) is 12.8. The number of benzene rings is 1. The van der Waals surface area contributed by atoms with Gasteiger partial charge in [0.1, 0.15) is 0 Å². The average molecular weight is 513 g/mol. The summed E-state index contributed by atoms with van der Waals surface area (Å²) in [6.45, 7) is 3.39. The summed E-state index contributed by atoms with van der Waals surface area (Å²) in [7, 11) is -4.11. The molecule has 0 spiro atoms. The van der Waals surface area contributed by atoms with Crippen molar-refractivity contribution in [2.24, 2.45) is 16.2 Å². The minimum absolute atomic E-state index is 0.0536. The van der Waals surface area contributed by atoms with Crippen LogP contribution in [0.25, 0.3) is 16.3 Å². The zero-order valence-electron chi connectivity index (χ0n) is 18.2. The molecule has 2 aromatic heterocycles. The number of hydrazine groups is 1. The molecule has 0 unspecified atom stereocenters. The molecule has 1 aromatic carbocycles. The van der Waals surface area contributed by atoms with Gasteiger partial charge in [-0.25, -0.2) is 10.5 Å². The summed E-state index contributed by atoms with van der Waals surface area (Å²) in [6, 6.07) is 9.75. The molecule has 0 radical (unpaired) electrons. The predicted molar refractivity (Wildman–Crippen MR) is 124 cm³/mol. The lowest BCUT2D eigenvalue weighted by atomic mass is 10.00. The third kappa shape index (κ3) is 5.10. The van der Waals surface area contributed by atoms with Gasteiger partial charge < -0.3 is 4.90 Å². The van der Waals surface area contributed by atoms with E-state index in [9.17, 15) is 21.6 Å². The smallest absolute Gasteiger partial charge is 0.341 e. The number of alkyl halides is 3. The highest BCUT2D eigenvalue weighted by Crippen LogP contribution is 2.35. The van der Waals surface area contributed by atoms with E-state index >= 15 is 0 Å². The van der Waals surface area contributed by atoms with Gasteiger partial charge in [0.15, 0.2) is 5.69 Å². The van der Waals surface area contributed by atoms with Gasteiger partial charge in [-0.05, 0) is 60.5 Å². The van der Waals surface area contributed by atoms with Gasteiger partial charge in [-0.2, -0.15) is 26.7 Å². The Morgan fingerprint density at radius 3 is 2.44 bits per heavy atom. The van der Waals surface area contributed by atoms with Crippen LogP contribution in [0.15, 0.2) is 57.1 Å². The van der Waals surface area contributed by atoms with Crippen LogP contribution >= 0.6 is 11.3 Å². The molecule has 1 aliphatic heterocycles. The summed E-state index contributed by atoms with van der Waals surface area (Å²) in [6.07, 6.45) is -2.83. The Kier molecular flexibility index (Phi) is 6.69. The van der Waals surface area contributed by atoms with Gasteiger partial charge in [-0.1, -0.05) is 13.0 Å². The highest BCUT2D eigenvalue weighted by Gasteiger charge is 2.35. The minimum Gasteiger partial charge on any atom is -0.341 e. The van der Waals surface area contributed by atoms with Crippen LogP contribution in [0.1, 0.15) is 25.5 Å². The van der Waals surface area contributed by atoms with E-state index in [0.717, 1.165) is 23.6 Å². The van der Waals surface area contributed by atoms with Gasteiger partial charge in [-0.15, -0.1) is 15.7 Å². The second kappa shape index (κ2) is 9.39. The van der Waals surface area contributed by atoms with E-state index < -0.39 is 21.9 Å². The van der Waals surface area contributed by atoms with Crippen molar-refractivity contribution in [2.75, 3.05) is 13.1 Å². The molecule has 0 saturated carbocycles. The van der Waals surface area contributed by atoms with E-state index in [2.05, 4.69) is 21.8 Å². The number of nitrogens with one attached hydrogen (secondary N) is 1. The topological polar surface area (TPSA) is 106 Å². The molecule has 1 aliphatic rings. The number of hydrogen-bond acceptors (Lipinski definition) is 5. The summed E-state index contributed by atoms with van der Waals surface area (Å²) < 4.78 is 70.6. The lowest BCUT2D eigenvalue weighted by Crippen LogP contribution is -2.48. The van der Waals surface area contributed by atoms with Gasteiger partial charge in [0.25, 0.3) is 10.0 Å². The fourth-order valence-electron chi connectivity index (χ4n) is 3.64. The Balaban J connectivity index is 1.65. The number of piperidine rings is 1. The van der Waals surface area contributed by atoms with Crippen molar-refractivity contribution in [2.45, 2.75) is 30.8 Å². The zero-order valence-corrected chi connectivity index (χ0v) is 19.8. The Labute approximate surface area is 198 Å². The highest BCUT2D eigenvalue weighted by molar-refractivity contribution is 7.90. The molecule has 8 nitrogen and oxygen atoms in total. The quantitative estimate of drug-likeness (QED) is 0.238. The number of thiophene rings is 1. The van der Waals surface area contributed by atoms with E-state index in [-0.39, 0.29) is 22.2 Å². The molecule has 182 valence electrons. The second-order valence-corrected chi connectivity index (χ2v) is 10.6. The summed E-state index contributed by atoms with van der Waals surface area (Å²) in [5.74, 6) is 6.13. The largest absolute Gasteiger partial charge is 0.435 e. The first kappa shape index (κ1) is 24.2. The molecule has 4 rings (SSSR count). The fraction of sp³-hybridized carbons (Fsp3) is 0.333. The van der Waals surface area contributed by atoms with Crippen molar-refractivity contribution in [1.29, 1.82) is 0 Å². The highest BCUT2D eigenvalue weighted by atomic mass is 32.2. The number of aromatic nitrogens is 2. The summed E-state index contributed by atoms with van der Waals surface area (Å²) in [5, 5.41) is 5.47. The number of rotatable bonds is 4. The number of nitrogens with zero attached hydrogens (tertiary/aromatic N) is 4. The van der Waals surface area contributed by atoms with E-state index in [4.69, 9.17) is 5.84 Å². The molecule has 13 heteroatoms. The number of nitrogens with two attached hydrogens (primary N) is 1. The Hall–Kier alpha value is -2.90. The monoisotopic (exact) mass is 512 g/mol. The standard InChI is InChI=1S/C21H23F3N6O2S2/c1-14-8-10-29(11-9-14)20(26-25)28-34(31,32)16-6-4-15(5-7-16)30-17(18-3-2-12-33-18)13-19(27-30)21(22,23)24/h2-7,12-14H,8-11,25H2,1H3,(H,26,28). The van der Waals surface area contributed by atoms with Crippen molar-refractivity contribution < 1.29 is 21.6 Å². The van der Waals surface area contributed by atoms with Crippen molar-refractivity contribution in [1.82, 2.24) is 20.1 Å². The number of guanidine groups is 1. The van der Waals surface area contributed by atoms with Crippen LogP contribution in [0.5, 0.6) is 0 Å². The SMILES string of the molecule is CC1CCN(C(=NS(=O)(=O)c2ccc(-n3nc(C(F)(F)F)cc3-c3cccs3)cc2)NN)CC1. The Morgan fingerprint density at radius 2 is 1.88 bits per heavy atom. The summed E-state index contributed by atoms with van der Waals surface area (Å²) in [4.78, 5) is 2.26. The molecular formula is C21H23F3N6O2S2. The van der Waals surface area contributed by atoms with Crippen LogP contribution in [0.4, 0.5) is 13.2 Å². The van der Waals surface area contributed by atoms with Crippen LogP contribution in [0, 0.1) is 5.92 Å². The Bertz CT molecular complexity index is 1260. The van der Waals surface area contributed by atoms with Gasteiger partial charge >= 0.3 is 6.18 Å². The zero-order chi connectivity index (χ0) is 24.5. The van der Waals surface area contributed by atoms with E-state index in [0.29, 0.717) is 23.9 Å². The van der Waals surface area contributed by atoms with Crippen LogP contribution in [-0.4, -0.2) is 42.1 Å². The molecule has 0 amide bonds. The lowest BCUT2D eigenvalue weighted by molar-refractivity contribution is -0.141. The molecule has 1 fully saturated rings. The maximum atomic E-state index is 13.3. The van der Waals surface area contributed by atoms with E-state index in [1.807, 2.05) is 0 Å². The number of sulfonamides is 1. The van der Waals surface area contributed by atoms with Crippen LogP contribution in [0.3, 0.4) is 0 Å². The fourth-order valence-corrected chi connectivity index (χ4v) is 5.35. The molecule has 1 saturated heterocycles. The van der Waals surface area contributed by atoms with Crippen molar-refractivity contribution in [3.8, 4) is 16.3 Å². The first-order chi connectivity index (χ1) is 16.1. The van der Waals surface area contributed by atoms with Crippen LogP contribution in [-0.2, 0) is 16.2 Å². The first-order valence-electron chi connectivity index (χ1n) is 10.5. The second-order valence-electron chi connectivity index (χ2n) is 8.00. The molecule has 3 aromatic rings. The van der Waals surface area contributed by atoms with Gasteiger partial charge in [0, 0.05) is 13.1 Å². The number of halogens is 3. The van der Waals surface area contributed by atoms with Crippen molar-refractivity contribution in [3.05, 3.63) is 53.5 Å². The molecule has 0 bridgehead atoms. The Morgan fingerprint density at radius 1 is 1.21 bits per heavy atom.